The van der Waals surface area contributed by atoms with Crippen LogP contribution in [0, 0.1) is 4.64 Å². The van der Waals surface area contributed by atoms with E-state index in [1.807, 2.05) is 6.07 Å². The first kappa shape index (κ1) is 14.3. The molecule has 0 aromatic carbocycles. The number of aromatic amines is 1. The summed E-state index contributed by atoms with van der Waals surface area (Å²) in [5.74, 6) is 0.782. The summed E-state index contributed by atoms with van der Waals surface area (Å²) >= 11 is 5.17. The van der Waals surface area contributed by atoms with E-state index in [1.165, 1.54) is 0 Å². The maximum atomic E-state index is 5.63. The van der Waals surface area contributed by atoms with Crippen molar-refractivity contribution in [3.63, 3.8) is 0 Å². The highest BCUT2D eigenvalue weighted by Gasteiger charge is 2.30. The van der Waals surface area contributed by atoms with Gasteiger partial charge < -0.3 is 14.5 Å². The van der Waals surface area contributed by atoms with E-state index in [1.54, 1.807) is 14.2 Å². The molecular weight excluding hydrogens is 236 g/mol. The standard InChI is InChI=1S/C12H20N2O2S/c1-5-12(6-2,16-4)11-13-9(8-15-3)7-10(17)14-11/h7H,5-6,8H2,1-4H3,(H,13,14,17). The average molecular weight is 256 g/mol. The summed E-state index contributed by atoms with van der Waals surface area (Å²) in [6.45, 7) is 4.65. The number of nitrogens with one attached hydrogen (secondary N) is 1. The molecule has 5 heteroatoms. The van der Waals surface area contributed by atoms with Gasteiger partial charge >= 0.3 is 0 Å². The third kappa shape index (κ3) is 3.12. The third-order valence-corrected chi connectivity index (χ3v) is 3.27. The van der Waals surface area contributed by atoms with E-state index in [0.717, 1.165) is 24.4 Å². The summed E-state index contributed by atoms with van der Waals surface area (Å²) in [4.78, 5) is 7.63. The van der Waals surface area contributed by atoms with Crippen LogP contribution in [0.2, 0.25) is 0 Å². The van der Waals surface area contributed by atoms with Gasteiger partial charge in [0, 0.05) is 19.9 Å². The summed E-state index contributed by atoms with van der Waals surface area (Å²) in [7, 11) is 3.36. The first-order chi connectivity index (χ1) is 8.11. The summed E-state index contributed by atoms with van der Waals surface area (Å²) in [6.07, 6.45) is 1.68. The topological polar surface area (TPSA) is 47.1 Å². The summed E-state index contributed by atoms with van der Waals surface area (Å²) in [5.41, 5.74) is 0.531. The lowest BCUT2D eigenvalue weighted by Gasteiger charge is -2.29. The van der Waals surface area contributed by atoms with Gasteiger partial charge in [0.2, 0.25) is 0 Å². The molecule has 4 nitrogen and oxygen atoms in total. The van der Waals surface area contributed by atoms with Crippen LogP contribution in [0.4, 0.5) is 0 Å². The molecule has 0 fully saturated rings. The Morgan fingerprint density at radius 2 is 2.00 bits per heavy atom. The predicted molar refractivity (Wildman–Crippen MR) is 69.4 cm³/mol. The van der Waals surface area contributed by atoms with Crippen LogP contribution >= 0.6 is 12.2 Å². The van der Waals surface area contributed by atoms with Gasteiger partial charge in [0.1, 0.15) is 16.1 Å². The lowest BCUT2D eigenvalue weighted by atomic mass is 9.96. The molecule has 0 atom stereocenters. The van der Waals surface area contributed by atoms with E-state index in [-0.39, 0.29) is 0 Å². The van der Waals surface area contributed by atoms with Crippen LogP contribution in [-0.2, 0) is 21.7 Å². The van der Waals surface area contributed by atoms with Gasteiger partial charge in [-0.15, -0.1) is 0 Å². The first-order valence-electron chi connectivity index (χ1n) is 5.76. The van der Waals surface area contributed by atoms with Crippen LogP contribution in [0.5, 0.6) is 0 Å². The molecule has 0 spiro atoms. The van der Waals surface area contributed by atoms with E-state index in [4.69, 9.17) is 21.7 Å². The fraction of sp³-hybridized carbons (Fsp3) is 0.667. The number of ether oxygens (including phenoxy) is 2. The van der Waals surface area contributed by atoms with Gasteiger partial charge in [-0.05, 0) is 18.9 Å². The Balaban J connectivity index is 3.24. The molecule has 96 valence electrons. The monoisotopic (exact) mass is 256 g/mol. The van der Waals surface area contributed by atoms with Crippen LogP contribution < -0.4 is 0 Å². The van der Waals surface area contributed by atoms with Gasteiger partial charge in [0.15, 0.2) is 0 Å². The highest BCUT2D eigenvalue weighted by molar-refractivity contribution is 7.71. The molecule has 0 radical (unpaired) electrons. The average Bonchev–Trinajstić information content (AvgIpc) is 2.32. The molecule has 0 amide bonds. The molecular formula is C12H20N2O2S. The van der Waals surface area contributed by atoms with Gasteiger partial charge in [-0.25, -0.2) is 4.98 Å². The Morgan fingerprint density at radius 1 is 1.35 bits per heavy atom. The number of hydrogen-bond acceptors (Lipinski definition) is 4. The molecule has 0 saturated heterocycles. The van der Waals surface area contributed by atoms with E-state index < -0.39 is 5.60 Å². The molecule has 1 N–H and O–H groups in total. The second kappa shape index (κ2) is 6.23. The van der Waals surface area contributed by atoms with Crippen molar-refractivity contribution in [2.75, 3.05) is 14.2 Å². The minimum Gasteiger partial charge on any atom is -0.378 e. The van der Waals surface area contributed by atoms with Crippen LogP contribution in [-0.4, -0.2) is 24.2 Å². The van der Waals surface area contributed by atoms with Gasteiger partial charge in [0.25, 0.3) is 0 Å². The first-order valence-corrected chi connectivity index (χ1v) is 6.17. The van der Waals surface area contributed by atoms with Crippen molar-refractivity contribution in [2.45, 2.75) is 38.9 Å². The van der Waals surface area contributed by atoms with Crippen molar-refractivity contribution in [2.24, 2.45) is 0 Å². The fourth-order valence-electron chi connectivity index (χ4n) is 1.93. The van der Waals surface area contributed by atoms with Gasteiger partial charge in [-0.3, -0.25) is 0 Å². The van der Waals surface area contributed by atoms with Gasteiger partial charge in [0.05, 0.1) is 6.61 Å². The van der Waals surface area contributed by atoms with Crippen LogP contribution in [0.15, 0.2) is 6.07 Å². The molecule has 0 aliphatic carbocycles. The lowest BCUT2D eigenvalue weighted by Crippen LogP contribution is -2.30. The summed E-state index contributed by atoms with van der Waals surface area (Å²) in [6, 6.07) is 1.81. The molecule has 0 aliphatic heterocycles. The van der Waals surface area contributed by atoms with E-state index in [0.29, 0.717) is 11.2 Å². The molecule has 0 bridgehead atoms. The van der Waals surface area contributed by atoms with Crippen molar-refractivity contribution in [1.82, 2.24) is 9.97 Å². The number of nitrogens with zero attached hydrogens (tertiary/aromatic N) is 1. The molecule has 0 saturated carbocycles. The molecule has 1 aromatic heterocycles. The highest BCUT2D eigenvalue weighted by atomic mass is 32.1. The number of hydrogen-bond donors (Lipinski definition) is 1. The van der Waals surface area contributed by atoms with Gasteiger partial charge in [-0.1, -0.05) is 26.1 Å². The predicted octanol–water partition coefficient (Wildman–Crippen LogP) is 2.95. The van der Waals surface area contributed by atoms with E-state index in [9.17, 15) is 0 Å². The third-order valence-electron chi connectivity index (χ3n) is 3.06. The molecule has 1 rings (SSSR count). The Hall–Kier alpha value is -0.780. The summed E-state index contributed by atoms with van der Waals surface area (Å²) < 4.78 is 11.3. The second-order valence-electron chi connectivity index (χ2n) is 3.93. The Kier molecular flexibility index (Phi) is 5.24. The molecule has 1 heterocycles. The lowest BCUT2D eigenvalue weighted by molar-refractivity contribution is -0.0296. The fourth-order valence-corrected chi connectivity index (χ4v) is 2.16. The van der Waals surface area contributed by atoms with Crippen molar-refractivity contribution < 1.29 is 9.47 Å². The zero-order valence-electron chi connectivity index (χ0n) is 10.9. The highest BCUT2D eigenvalue weighted by Crippen LogP contribution is 2.29. The second-order valence-corrected chi connectivity index (χ2v) is 4.35. The SMILES string of the molecule is CCC(CC)(OC)c1nc(=S)cc(COC)[nH]1. The number of methoxy groups -OCH3 is 2. The Bertz CT molecular complexity index is 405. The minimum absolute atomic E-state index is 0.392. The summed E-state index contributed by atoms with van der Waals surface area (Å²) in [5, 5.41) is 0. The van der Waals surface area contributed by atoms with Gasteiger partial charge in [-0.2, -0.15) is 0 Å². The number of rotatable bonds is 6. The van der Waals surface area contributed by atoms with Crippen molar-refractivity contribution in [3.05, 3.63) is 22.2 Å². The molecule has 0 aliphatic rings. The maximum absolute atomic E-state index is 5.63. The Labute approximate surface area is 107 Å². The largest absolute Gasteiger partial charge is 0.378 e. The minimum atomic E-state index is -0.392. The molecule has 0 unspecified atom stereocenters. The van der Waals surface area contributed by atoms with Crippen LogP contribution in [0.25, 0.3) is 0 Å². The van der Waals surface area contributed by atoms with E-state index in [2.05, 4.69) is 23.8 Å². The van der Waals surface area contributed by atoms with Crippen LogP contribution in [0.3, 0.4) is 0 Å². The number of aromatic nitrogens is 2. The van der Waals surface area contributed by atoms with Crippen molar-refractivity contribution >= 4 is 12.2 Å². The number of H-pyrrole nitrogens is 1. The maximum Gasteiger partial charge on any atom is 0.140 e. The van der Waals surface area contributed by atoms with Crippen molar-refractivity contribution in [3.8, 4) is 0 Å². The zero-order chi connectivity index (χ0) is 12.9. The zero-order valence-corrected chi connectivity index (χ0v) is 11.7. The van der Waals surface area contributed by atoms with Crippen molar-refractivity contribution in [1.29, 1.82) is 0 Å². The normalized spacial score (nSPS) is 11.8. The van der Waals surface area contributed by atoms with E-state index >= 15 is 0 Å². The Morgan fingerprint density at radius 3 is 2.47 bits per heavy atom. The smallest absolute Gasteiger partial charge is 0.140 e. The molecule has 17 heavy (non-hydrogen) atoms. The van der Waals surface area contributed by atoms with Crippen LogP contribution in [0.1, 0.15) is 38.2 Å². The quantitative estimate of drug-likeness (QED) is 0.795. The molecule has 1 aromatic rings.